The highest BCUT2D eigenvalue weighted by Crippen LogP contribution is 2.29. The normalized spacial score (nSPS) is 17.5. The van der Waals surface area contributed by atoms with Gasteiger partial charge >= 0.3 is 0 Å². The van der Waals surface area contributed by atoms with Crippen LogP contribution in [-0.2, 0) is 25.7 Å². The summed E-state index contributed by atoms with van der Waals surface area (Å²) in [6.07, 6.45) is 1.25. The van der Waals surface area contributed by atoms with Gasteiger partial charge in [0.2, 0.25) is 23.6 Å². The van der Waals surface area contributed by atoms with Crippen molar-refractivity contribution in [3.63, 3.8) is 0 Å². The third-order valence-electron chi connectivity index (χ3n) is 11.6. The topological polar surface area (TPSA) is 202 Å². The molecule has 16 heteroatoms. The molecule has 3 atom stereocenters. The monoisotopic (exact) mass is 879 g/mol. The fourth-order valence-corrected chi connectivity index (χ4v) is 8.72. The minimum Gasteiger partial charge on any atom is -0.397 e. The molecule has 0 radical (unpaired) electrons. The Morgan fingerprint density at radius 2 is 1.49 bits per heavy atom. The number of rotatable bonds is 17. The number of nitrogens with two attached hydrogens (primary N) is 1. The largest absolute Gasteiger partial charge is 0.397 e. The molecule has 3 heterocycles. The molecule has 0 bridgehead atoms. The lowest BCUT2D eigenvalue weighted by Crippen LogP contribution is -2.57. The Kier molecular flexibility index (Phi) is 16.1. The lowest BCUT2D eigenvalue weighted by atomic mass is 9.85. The Labute approximate surface area is 373 Å². The average molecular weight is 880 g/mol. The molecular weight excluding hydrogens is 819 g/mol. The molecule has 2 aliphatic heterocycles. The zero-order valence-corrected chi connectivity index (χ0v) is 37.5. The predicted molar refractivity (Wildman–Crippen MR) is 247 cm³/mol. The third kappa shape index (κ3) is 13.2. The van der Waals surface area contributed by atoms with Gasteiger partial charge < -0.3 is 46.8 Å². The molecule has 336 valence electrons. The van der Waals surface area contributed by atoms with Gasteiger partial charge in [0, 0.05) is 69.8 Å². The van der Waals surface area contributed by atoms with Crippen LogP contribution in [0.1, 0.15) is 74.5 Å². The standard InChI is InChI=1S/C47H61N9O6S/c1-31-42(63-30-50-31)33-15-13-32(14-16-33)28-49-45(61)39-27-36(57)29-56(39)46(62)43(47(2,3)4)53-41(59)12-8-22-55-25-23-54(24-26-55)21-7-11-40(58)51-35-19-17-34(18-20-35)44(60)52-38-10-6-5-9-37(38)48/h5-6,9-10,13-20,30,36,39,43,57H,7-8,11-12,21-29,48H2,1-4H3,(H,49,61)(H,51,58)(H,52,60)(H,53,59). The summed E-state index contributed by atoms with van der Waals surface area (Å²) >= 11 is 1.58. The Balaban J connectivity index is 0.873. The lowest BCUT2D eigenvalue weighted by molar-refractivity contribution is -0.144. The van der Waals surface area contributed by atoms with Crippen molar-refractivity contribution in [2.24, 2.45) is 5.41 Å². The highest BCUT2D eigenvalue weighted by atomic mass is 32.1. The van der Waals surface area contributed by atoms with E-state index >= 15 is 0 Å². The van der Waals surface area contributed by atoms with E-state index in [9.17, 15) is 29.1 Å². The van der Waals surface area contributed by atoms with Crippen molar-refractivity contribution in [3.8, 4) is 10.4 Å². The number of aliphatic hydroxyl groups is 1. The minimum absolute atomic E-state index is 0.0192. The second-order valence-electron chi connectivity index (χ2n) is 17.5. The smallest absolute Gasteiger partial charge is 0.255 e. The summed E-state index contributed by atoms with van der Waals surface area (Å²) in [7, 11) is 0. The van der Waals surface area contributed by atoms with E-state index in [1.807, 2.05) is 57.5 Å². The molecule has 63 heavy (non-hydrogen) atoms. The van der Waals surface area contributed by atoms with Crippen molar-refractivity contribution in [3.05, 3.63) is 95.1 Å². The SMILES string of the molecule is Cc1ncsc1-c1ccc(CNC(=O)C2CC(O)CN2C(=O)C(NC(=O)CCCN2CCN(CCCC(=O)Nc3ccc(C(=O)Nc4ccccc4N)cc3)CC2)C(C)(C)C)cc1. The first-order valence-corrected chi connectivity index (χ1v) is 22.6. The number of hydrogen-bond donors (Lipinski definition) is 6. The van der Waals surface area contributed by atoms with Crippen LogP contribution in [0.15, 0.2) is 78.3 Å². The molecule has 2 aliphatic rings. The molecule has 2 fully saturated rings. The highest BCUT2D eigenvalue weighted by molar-refractivity contribution is 7.13. The maximum atomic E-state index is 14.0. The van der Waals surface area contributed by atoms with Gasteiger partial charge in [-0.3, -0.25) is 24.0 Å². The van der Waals surface area contributed by atoms with Crippen LogP contribution in [0.2, 0.25) is 0 Å². The molecule has 5 amide bonds. The zero-order valence-electron chi connectivity index (χ0n) is 36.7. The van der Waals surface area contributed by atoms with Crippen LogP contribution in [0.5, 0.6) is 0 Å². The summed E-state index contributed by atoms with van der Waals surface area (Å²) in [5.41, 5.74) is 12.1. The number of nitrogens with zero attached hydrogens (tertiary/aromatic N) is 4. The number of aliphatic hydroxyl groups excluding tert-OH is 1. The summed E-state index contributed by atoms with van der Waals surface area (Å²) in [6.45, 7) is 12.9. The molecule has 2 saturated heterocycles. The number of nitrogens with one attached hydrogen (secondary N) is 4. The number of nitrogen functional groups attached to an aromatic ring is 1. The van der Waals surface area contributed by atoms with Gasteiger partial charge in [0.05, 0.1) is 33.6 Å². The van der Waals surface area contributed by atoms with Crippen molar-refractivity contribution >= 4 is 57.9 Å². The number of aryl methyl sites for hydroxylation is 1. The van der Waals surface area contributed by atoms with E-state index < -0.39 is 23.6 Å². The van der Waals surface area contributed by atoms with E-state index in [-0.39, 0.29) is 55.5 Å². The first-order valence-electron chi connectivity index (χ1n) is 21.7. The Morgan fingerprint density at radius 1 is 0.857 bits per heavy atom. The number of amides is 5. The zero-order chi connectivity index (χ0) is 45.1. The van der Waals surface area contributed by atoms with Crippen LogP contribution >= 0.6 is 11.3 Å². The number of hydrogen-bond acceptors (Lipinski definition) is 11. The number of benzene rings is 3. The summed E-state index contributed by atoms with van der Waals surface area (Å²) in [6, 6.07) is 20.0. The van der Waals surface area contributed by atoms with E-state index in [1.165, 1.54) is 4.90 Å². The number of para-hydroxylation sites is 2. The Bertz CT molecular complexity index is 2200. The van der Waals surface area contributed by atoms with E-state index in [4.69, 9.17) is 5.73 Å². The van der Waals surface area contributed by atoms with Crippen molar-refractivity contribution < 1.29 is 29.1 Å². The maximum absolute atomic E-state index is 14.0. The molecule has 6 rings (SSSR count). The summed E-state index contributed by atoms with van der Waals surface area (Å²) in [5.74, 6) is -1.32. The van der Waals surface area contributed by atoms with Crippen molar-refractivity contribution in [1.29, 1.82) is 0 Å². The van der Waals surface area contributed by atoms with E-state index in [0.717, 1.165) is 61.0 Å². The minimum atomic E-state index is -0.876. The van der Waals surface area contributed by atoms with Crippen LogP contribution in [-0.4, -0.2) is 118 Å². The fraction of sp³-hybridized carbons (Fsp3) is 0.447. The van der Waals surface area contributed by atoms with E-state index in [2.05, 4.69) is 36.1 Å². The predicted octanol–water partition coefficient (Wildman–Crippen LogP) is 4.88. The van der Waals surface area contributed by atoms with Gasteiger partial charge in [-0.15, -0.1) is 11.3 Å². The van der Waals surface area contributed by atoms with Crippen LogP contribution < -0.4 is 27.0 Å². The average Bonchev–Trinajstić information content (AvgIpc) is 3.88. The highest BCUT2D eigenvalue weighted by Gasteiger charge is 2.44. The number of carbonyl (C=O) groups excluding carboxylic acids is 5. The first-order chi connectivity index (χ1) is 30.1. The number of aromatic nitrogens is 1. The van der Waals surface area contributed by atoms with Gasteiger partial charge in [-0.1, -0.05) is 57.2 Å². The van der Waals surface area contributed by atoms with Crippen molar-refractivity contribution in [2.45, 2.75) is 84.5 Å². The maximum Gasteiger partial charge on any atom is 0.255 e. The van der Waals surface area contributed by atoms with Crippen LogP contribution in [0.3, 0.4) is 0 Å². The van der Waals surface area contributed by atoms with Gasteiger partial charge in [-0.2, -0.15) is 0 Å². The second kappa shape index (κ2) is 21.6. The van der Waals surface area contributed by atoms with Gasteiger partial charge in [0.25, 0.3) is 5.91 Å². The van der Waals surface area contributed by atoms with Gasteiger partial charge in [-0.25, -0.2) is 4.98 Å². The molecule has 0 saturated carbocycles. The molecule has 15 nitrogen and oxygen atoms in total. The van der Waals surface area contributed by atoms with Crippen LogP contribution in [0, 0.1) is 12.3 Å². The Morgan fingerprint density at radius 3 is 2.10 bits per heavy atom. The molecule has 3 unspecified atom stereocenters. The molecule has 0 aliphatic carbocycles. The summed E-state index contributed by atoms with van der Waals surface area (Å²) in [5, 5.41) is 22.2. The van der Waals surface area contributed by atoms with Gasteiger partial charge in [0.1, 0.15) is 12.1 Å². The number of piperazine rings is 1. The third-order valence-corrected chi connectivity index (χ3v) is 12.6. The number of thiazole rings is 1. The molecule has 1 aromatic heterocycles. The quantitative estimate of drug-likeness (QED) is 0.0795. The fourth-order valence-electron chi connectivity index (χ4n) is 7.91. The summed E-state index contributed by atoms with van der Waals surface area (Å²) < 4.78 is 0. The van der Waals surface area contributed by atoms with Crippen molar-refractivity contribution in [1.82, 2.24) is 30.3 Å². The lowest BCUT2D eigenvalue weighted by Gasteiger charge is -2.36. The van der Waals surface area contributed by atoms with Crippen molar-refractivity contribution in [2.75, 3.05) is 62.2 Å². The molecule has 3 aromatic carbocycles. The first kappa shape index (κ1) is 46.8. The van der Waals surface area contributed by atoms with Gasteiger partial charge in [0.15, 0.2) is 0 Å². The molecule has 0 spiro atoms. The molecule has 7 N–H and O–H groups in total. The van der Waals surface area contributed by atoms with E-state index in [1.54, 1.807) is 59.9 Å². The number of carbonyl (C=O) groups is 5. The number of β-amino-alcohol motifs (C(OH)–C–C–N with tert-alkyl or cyclic N) is 1. The second-order valence-corrected chi connectivity index (χ2v) is 18.4. The Hall–Kier alpha value is -5.68. The van der Waals surface area contributed by atoms with Gasteiger partial charge in [-0.05, 0) is 85.8 Å². The van der Waals surface area contributed by atoms with Crippen LogP contribution in [0.4, 0.5) is 17.1 Å². The number of likely N-dealkylation sites (tertiary alicyclic amines) is 1. The summed E-state index contributed by atoms with van der Waals surface area (Å²) in [4.78, 5) is 77.5. The van der Waals surface area contributed by atoms with Crippen LogP contribution in [0.25, 0.3) is 10.4 Å². The molecule has 4 aromatic rings. The molecular formula is C47H61N9O6S. The number of anilines is 3. The van der Waals surface area contributed by atoms with E-state index in [0.29, 0.717) is 41.9 Å².